The Balaban J connectivity index is 1.69. The summed E-state index contributed by atoms with van der Waals surface area (Å²) in [4.78, 5) is 15.1. The molecule has 0 atom stereocenters. The second-order valence-electron chi connectivity index (χ2n) is 6.71. The number of aromatic nitrogens is 1. The van der Waals surface area contributed by atoms with E-state index in [9.17, 15) is 9.90 Å². The number of hydrogen-bond acceptors (Lipinski definition) is 3. The molecule has 0 fully saturated rings. The fraction of sp³-hybridized carbons (Fsp3) is 0.174. The molecule has 4 aromatic rings. The fourth-order valence-corrected chi connectivity index (χ4v) is 4.25. The largest absolute Gasteiger partial charge is 0.395 e. The molecule has 4 rings (SSSR count). The smallest absolute Gasteiger partial charge is 0.270 e. The van der Waals surface area contributed by atoms with Crippen LogP contribution in [0, 0.1) is 0 Å². The predicted molar refractivity (Wildman–Crippen MR) is 114 cm³/mol. The highest BCUT2D eigenvalue weighted by molar-refractivity contribution is 7.17. The Morgan fingerprint density at radius 2 is 1.64 bits per heavy atom. The number of thiophene rings is 1. The molecule has 2 aromatic carbocycles. The normalized spacial score (nSPS) is 11.0. The second-order valence-corrected chi connectivity index (χ2v) is 7.66. The van der Waals surface area contributed by atoms with Crippen LogP contribution in [0.25, 0.3) is 10.2 Å². The van der Waals surface area contributed by atoms with Crippen LogP contribution in [0.5, 0.6) is 0 Å². The summed E-state index contributed by atoms with van der Waals surface area (Å²) in [5.74, 6) is -0.0581. The Hall–Kier alpha value is -2.89. The van der Waals surface area contributed by atoms with E-state index >= 15 is 0 Å². The molecular weight excluding hydrogens is 368 g/mol. The van der Waals surface area contributed by atoms with Crippen molar-refractivity contribution in [2.45, 2.75) is 13.1 Å². The molecule has 142 valence electrons. The molecule has 0 spiro atoms. The highest BCUT2D eigenvalue weighted by Crippen LogP contribution is 2.27. The molecular formula is C23H22N2O2S. The van der Waals surface area contributed by atoms with Gasteiger partial charge >= 0.3 is 0 Å². The fourth-order valence-electron chi connectivity index (χ4n) is 3.43. The summed E-state index contributed by atoms with van der Waals surface area (Å²) in [7, 11) is 0. The van der Waals surface area contributed by atoms with Gasteiger partial charge in [0.2, 0.25) is 0 Å². The maximum Gasteiger partial charge on any atom is 0.270 e. The Morgan fingerprint density at radius 1 is 0.964 bits per heavy atom. The van der Waals surface area contributed by atoms with Crippen molar-refractivity contribution in [3.63, 3.8) is 0 Å². The average Bonchev–Trinajstić information content (AvgIpc) is 3.31. The number of benzene rings is 2. The number of fused-ring (bicyclic) bond motifs is 1. The highest BCUT2D eigenvalue weighted by Gasteiger charge is 2.22. The second kappa shape index (κ2) is 8.42. The molecule has 28 heavy (non-hydrogen) atoms. The minimum Gasteiger partial charge on any atom is -0.395 e. The first-order valence-corrected chi connectivity index (χ1v) is 10.2. The molecule has 0 unspecified atom stereocenters. The summed E-state index contributed by atoms with van der Waals surface area (Å²) in [6, 6.07) is 24.1. The van der Waals surface area contributed by atoms with Crippen molar-refractivity contribution in [2.24, 2.45) is 0 Å². The topological polar surface area (TPSA) is 45.5 Å². The monoisotopic (exact) mass is 390 g/mol. The van der Waals surface area contributed by atoms with Gasteiger partial charge in [-0.3, -0.25) is 4.79 Å². The van der Waals surface area contributed by atoms with Gasteiger partial charge in [-0.2, -0.15) is 0 Å². The Bertz CT molecular complexity index is 1050. The van der Waals surface area contributed by atoms with Crippen molar-refractivity contribution in [1.29, 1.82) is 0 Å². The van der Waals surface area contributed by atoms with Crippen LogP contribution in [0.4, 0.5) is 0 Å². The Labute approximate surface area is 168 Å². The zero-order chi connectivity index (χ0) is 19.3. The zero-order valence-electron chi connectivity index (χ0n) is 15.5. The molecule has 4 nitrogen and oxygen atoms in total. The molecule has 5 heteroatoms. The van der Waals surface area contributed by atoms with Gasteiger partial charge in [-0.05, 0) is 28.6 Å². The summed E-state index contributed by atoms with van der Waals surface area (Å²) >= 11 is 1.64. The lowest BCUT2D eigenvalue weighted by Crippen LogP contribution is -2.34. The highest BCUT2D eigenvalue weighted by atomic mass is 32.1. The van der Waals surface area contributed by atoms with E-state index in [0.717, 1.165) is 21.3 Å². The van der Waals surface area contributed by atoms with E-state index in [2.05, 4.69) is 28.1 Å². The van der Waals surface area contributed by atoms with E-state index in [4.69, 9.17) is 0 Å². The third-order valence-electron chi connectivity index (χ3n) is 4.80. The first-order chi connectivity index (χ1) is 13.8. The van der Waals surface area contributed by atoms with Crippen LogP contribution in [0.1, 0.15) is 21.6 Å². The first-order valence-electron chi connectivity index (χ1n) is 9.31. The van der Waals surface area contributed by atoms with E-state index in [0.29, 0.717) is 25.3 Å². The lowest BCUT2D eigenvalue weighted by Gasteiger charge is -2.23. The number of amides is 1. The van der Waals surface area contributed by atoms with Gasteiger partial charge in [0.1, 0.15) is 5.69 Å². The van der Waals surface area contributed by atoms with Crippen molar-refractivity contribution in [2.75, 3.05) is 13.2 Å². The number of carbonyl (C=O) groups is 1. The number of aliphatic hydroxyl groups excluding tert-OH is 1. The minimum absolute atomic E-state index is 0.0581. The molecule has 0 aliphatic rings. The van der Waals surface area contributed by atoms with Gasteiger partial charge in [-0.1, -0.05) is 60.7 Å². The van der Waals surface area contributed by atoms with Gasteiger partial charge in [-0.15, -0.1) is 11.3 Å². The van der Waals surface area contributed by atoms with Crippen LogP contribution < -0.4 is 0 Å². The van der Waals surface area contributed by atoms with Crippen LogP contribution in [0.15, 0.2) is 78.2 Å². The minimum atomic E-state index is -0.0632. The summed E-state index contributed by atoms with van der Waals surface area (Å²) in [6.45, 7) is 1.36. The maximum absolute atomic E-state index is 13.4. The van der Waals surface area contributed by atoms with E-state index in [-0.39, 0.29) is 12.5 Å². The van der Waals surface area contributed by atoms with Crippen LogP contribution in [-0.4, -0.2) is 33.6 Å². The Kier molecular flexibility index (Phi) is 5.55. The summed E-state index contributed by atoms with van der Waals surface area (Å²) < 4.78 is 3.18. The molecule has 2 heterocycles. The standard InChI is InChI=1S/C23H22N2O2S/c26-13-12-24(16-18-7-3-1-4-8-18)23(27)21-15-22-20(11-14-28-22)25(21)17-19-9-5-2-6-10-19/h1-11,14-15,26H,12-13,16-17H2. The van der Waals surface area contributed by atoms with E-state index < -0.39 is 0 Å². The van der Waals surface area contributed by atoms with Gasteiger partial charge in [0.05, 0.1) is 16.8 Å². The van der Waals surface area contributed by atoms with Crippen LogP contribution in [0.3, 0.4) is 0 Å². The molecule has 1 N–H and O–H groups in total. The van der Waals surface area contributed by atoms with Crippen molar-refractivity contribution in [3.8, 4) is 0 Å². The van der Waals surface area contributed by atoms with Gasteiger partial charge < -0.3 is 14.6 Å². The predicted octanol–water partition coefficient (Wildman–Crippen LogP) is 4.39. The molecule has 0 bridgehead atoms. The number of aliphatic hydroxyl groups is 1. The molecule has 0 radical (unpaired) electrons. The molecule has 0 saturated heterocycles. The number of hydrogen-bond donors (Lipinski definition) is 1. The molecule has 1 amide bonds. The van der Waals surface area contributed by atoms with Gasteiger partial charge in [-0.25, -0.2) is 0 Å². The van der Waals surface area contributed by atoms with E-state index in [1.54, 1.807) is 16.2 Å². The average molecular weight is 391 g/mol. The maximum atomic E-state index is 13.4. The van der Waals surface area contributed by atoms with Gasteiger partial charge in [0.25, 0.3) is 5.91 Å². The molecule has 0 aliphatic heterocycles. The summed E-state index contributed by atoms with van der Waals surface area (Å²) in [5.41, 5.74) is 3.93. The van der Waals surface area contributed by atoms with Crippen LogP contribution >= 0.6 is 11.3 Å². The zero-order valence-corrected chi connectivity index (χ0v) is 16.3. The van der Waals surface area contributed by atoms with Crippen molar-refractivity contribution < 1.29 is 9.90 Å². The first kappa shape index (κ1) is 18.5. The van der Waals surface area contributed by atoms with E-state index in [1.807, 2.05) is 54.6 Å². The van der Waals surface area contributed by atoms with Crippen molar-refractivity contribution in [3.05, 3.63) is 95.0 Å². The third kappa shape index (κ3) is 3.86. The van der Waals surface area contributed by atoms with Crippen molar-refractivity contribution in [1.82, 2.24) is 9.47 Å². The van der Waals surface area contributed by atoms with Crippen molar-refractivity contribution >= 4 is 27.5 Å². The Morgan fingerprint density at radius 3 is 2.32 bits per heavy atom. The summed E-state index contributed by atoms with van der Waals surface area (Å²) in [6.07, 6.45) is 0. The van der Waals surface area contributed by atoms with Crippen LogP contribution in [-0.2, 0) is 13.1 Å². The number of nitrogens with zero attached hydrogens (tertiary/aromatic N) is 2. The quantitative estimate of drug-likeness (QED) is 0.509. The third-order valence-corrected chi connectivity index (χ3v) is 5.65. The molecule has 2 aromatic heterocycles. The number of rotatable bonds is 7. The lowest BCUT2D eigenvalue weighted by atomic mass is 10.2. The van der Waals surface area contributed by atoms with Gasteiger partial charge in [0, 0.05) is 19.6 Å². The lowest BCUT2D eigenvalue weighted by molar-refractivity contribution is 0.0698. The van der Waals surface area contributed by atoms with Gasteiger partial charge in [0.15, 0.2) is 0 Å². The van der Waals surface area contributed by atoms with Crippen LogP contribution in [0.2, 0.25) is 0 Å². The molecule has 0 saturated carbocycles. The molecule has 0 aliphatic carbocycles. The SMILES string of the molecule is O=C(c1cc2sccc2n1Cc1ccccc1)N(CCO)Cc1ccccc1. The number of carbonyl (C=O) groups excluding carboxylic acids is 1. The van der Waals surface area contributed by atoms with E-state index in [1.165, 1.54) is 0 Å². The summed E-state index contributed by atoms with van der Waals surface area (Å²) in [5, 5.41) is 11.6.